The molecule has 1 fully saturated rings. The van der Waals surface area contributed by atoms with Crippen molar-refractivity contribution in [3.05, 3.63) is 48.3 Å². The van der Waals surface area contributed by atoms with E-state index in [0.29, 0.717) is 6.42 Å². The van der Waals surface area contributed by atoms with Crippen molar-refractivity contribution in [1.29, 1.82) is 0 Å². The molecule has 1 saturated heterocycles. The third kappa shape index (κ3) is 3.62. The van der Waals surface area contributed by atoms with Gasteiger partial charge in [-0.3, -0.25) is 4.79 Å². The van der Waals surface area contributed by atoms with Crippen LogP contribution >= 0.6 is 0 Å². The molecular formula is C18H23N3O2. The fourth-order valence-electron chi connectivity index (χ4n) is 3.16. The molecule has 2 unspecified atom stereocenters. The molecule has 122 valence electrons. The minimum atomic E-state index is -0.314. The smallest absolute Gasteiger partial charge is 0.223 e. The van der Waals surface area contributed by atoms with Gasteiger partial charge in [-0.05, 0) is 44.4 Å². The van der Waals surface area contributed by atoms with Crippen molar-refractivity contribution >= 4 is 5.91 Å². The molecule has 2 atom stereocenters. The number of aromatic nitrogens is 2. The van der Waals surface area contributed by atoms with Crippen molar-refractivity contribution in [2.24, 2.45) is 0 Å². The van der Waals surface area contributed by atoms with E-state index in [9.17, 15) is 4.79 Å². The fraction of sp³-hybridized carbons (Fsp3) is 0.444. The van der Waals surface area contributed by atoms with Crippen LogP contribution in [-0.4, -0.2) is 27.9 Å². The number of para-hydroxylation sites is 1. The average Bonchev–Trinajstić information content (AvgIpc) is 3.18. The number of rotatable bonds is 5. The molecule has 5 heteroatoms. The summed E-state index contributed by atoms with van der Waals surface area (Å²) in [5.41, 5.74) is 1.71. The summed E-state index contributed by atoms with van der Waals surface area (Å²) in [4.78, 5) is 12.4. The maximum absolute atomic E-state index is 12.4. The number of carbonyl (C=O) groups excluding carboxylic acids is 1. The van der Waals surface area contributed by atoms with E-state index in [1.54, 1.807) is 6.20 Å². The van der Waals surface area contributed by atoms with Crippen LogP contribution in [0.3, 0.4) is 0 Å². The topological polar surface area (TPSA) is 56.1 Å². The summed E-state index contributed by atoms with van der Waals surface area (Å²) in [6.45, 7) is 4.77. The van der Waals surface area contributed by atoms with Gasteiger partial charge in [0.25, 0.3) is 0 Å². The van der Waals surface area contributed by atoms with Gasteiger partial charge in [-0.15, -0.1) is 0 Å². The molecule has 1 aromatic heterocycles. The van der Waals surface area contributed by atoms with Gasteiger partial charge < -0.3 is 10.1 Å². The highest BCUT2D eigenvalue weighted by Gasteiger charge is 2.32. The highest BCUT2D eigenvalue weighted by molar-refractivity contribution is 5.77. The van der Waals surface area contributed by atoms with E-state index in [2.05, 4.69) is 10.4 Å². The van der Waals surface area contributed by atoms with Gasteiger partial charge in [0.05, 0.1) is 23.8 Å². The van der Waals surface area contributed by atoms with Crippen LogP contribution in [0.1, 0.15) is 44.7 Å². The van der Waals surface area contributed by atoms with Gasteiger partial charge >= 0.3 is 0 Å². The van der Waals surface area contributed by atoms with Crippen LogP contribution < -0.4 is 5.32 Å². The Morgan fingerprint density at radius 1 is 1.43 bits per heavy atom. The fourth-order valence-corrected chi connectivity index (χ4v) is 3.16. The van der Waals surface area contributed by atoms with Gasteiger partial charge in [0.1, 0.15) is 0 Å². The first-order valence-electron chi connectivity index (χ1n) is 8.10. The summed E-state index contributed by atoms with van der Waals surface area (Å²) in [5.74, 6) is 0.0252. The number of hydrogen-bond acceptors (Lipinski definition) is 3. The van der Waals surface area contributed by atoms with E-state index >= 15 is 0 Å². The second-order valence-electron chi connectivity index (χ2n) is 6.38. The average molecular weight is 313 g/mol. The lowest BCUT2D eigenvalue weighted by molar-refractivity contribution is -0.126. The zero-order valence-electron chi connectivity index (χ0n) is 13.7. The van der Waals surface area contributed by atoms with Gasteiger partial charge in [-0.25, -0.2) is 4.68 Å². The molecule has 1 aliphatic heterocycles. The molecule has 0 bridgehead atoms. The van der Waals surface area contributed by atoms with Crippen LogP contribution in [0.5, 0.6) is 0 Å². The van der Waals surface area contributed by atoms with Crippen LogP contribution in [0.15, 0.2) is 42.7 Å². The second-order valence-corrected chi connectivity index (χ2v) is 6.38. The number of ether oxygens (including phenoxy) is 1. The molecule has 0 saturated carbocycles. The summed E-state index contributed by atoms with van der Waals surface area (Å²) >= 11 is 0. The Morgan fingerprint density at radius 3 is 2.96 bits per heavy atom. The predicted molar refractivity (Wildman–Crippen MR) is 88.3 cm³/mol. The first kappa shape index (κ1) is 15.7. The molecule has 1 amide bonds. The van der Waals surface area contributed by atoms with Crippen molar-refractivity contribution < 1.29 is 9.53 Å². The summed E-state index contributed by atoms with van der Waals surface area (Å²) in [5, 5.41) is 7.38. The van der Waals surface area contributed by atoms with Crippen LogP contribution in [0, 0.1) is 0 Å². The first-order valence-corrected chi connectivity index (χ1v) is 8.10. The summed E-state index contributed by atoms with van der Waals surface area (Å²) < 4.78 is 7.52. The van der Waals surface area contributed by atoms with E-state index in [1.165, 1.54) is 0 Å². The monoisotopic (exact) mass is 313 g/mol. The number of hydrogen-bond donors (Lipinski definition) is 1. The van der Waals surface area contributed by atoms with Gasteiger partial charge in [0.2, 0.25) is 5.91 Å². The molecule has 2 aromatic rings. The highest BCUT2D eigenvalue weighted by atomic mass is 16.5. The molecule has 2 heterocycles. The Hall–Kier alpha value is -2.14. The molecule has 23 heavy (non-hydrogen) atoms. The molecular weight excluding hydrogens is 290 g/mol. The van der Waals surface area contributed by atoms with Crippen molar-refractivity contribution in [2.45, 2.75) is 44.8 Å². The van der Waals surface area contributed by atoms with Gasteiger partial charge in [-0.1, -0.05) is 18.2 Å². The van der Waals surface area contributed by atoms with E-state index in [0.717, 1.165) is 30.7 Å². The molecule has 1 N–H and O–H groups in total. The van der Waals surface area contributed by atoms with Crippen molar-refractivity contribution in [1.82, 2.24) is 15.1 Å². The number of nitrogens with zero attached hydrogens (tertiary/aromatic N) is 2. The first-order chi connectivity index (χ1) is 11.1. The van der Waals surface area contributed by atoms with Crippen LogP contribution in [0.2, 0.25) is 0 Å². The summed E-state index contributed by atoms with van der Waals surface area (Å²) in [6, 6.07) is 9.78. The van der Waals surface area contributed by atoms with E-state index in [1.807, 2.05) is 55.1 Å². The highest BCUT2D eigenvalue weighted by Crippen LogP contribution is 2.29. The van der Waals surface area contributed by atoms with E-state index in [4.69, 9.17) is 4.74 Å². The Balaban J connectivity index is 1.71. The largest absolute Gasteiger partial charge is 0.375 e. The zero-order valence-corrected chi connectivity index (χ0v) is 13.7. The molecule has 0 spiro atoms. The van der Waals surface area contributed by atoms with Crippen LogP contribution in [0.25, 0.3) is 5.69 Å². The molecule has 0 aliphatic carbocycles. The van der Waals surface area contributed by atoms with Crippen molar-refractivity contribution in [2.75, 3.05) is 6.61 Å². The van der Waals surface area contributed by atoms with Gasteiger partial charge in [0, 0.05) is 19.0 Å². The van der Waals surface area contributed by atoms with Crippen molar-refractivity contribution in [3.8, 4) is 5.69 Å². The number of carbonyl (C=O) groups is 1. The SMILES string of the molecule is CC(NC(=O)CC1(C)CCCO1)c1ccccc1-n1cccn1. The van der Waals surface area contributed by atoms with Gasteiger partial charge in [-0.2, -0.15) is 5.10 Å². The molecule has 5 nitrogen and oxygen atoms in total. The molecule has 0 radical (unpaired) electrons. The van der Waals surface area contributed by atoms with Crippen LogP contribution in [0.4, 0.5) is 0 Å². The normalized spacial score (nSPS) is 22.0. The third-order valence-corrected chi connectivity index (χ3v) is 4.37. The maximum atomic E-state index is 12.4. The minimum absolute atomic E-state index is 0.0252. The Morgan fingerprint density at radius 2 is 2.26 bits per heavy atom. The summed E-state index contributed by atoms with van der Waals surface area (Å²) in [6.07, 6.45) is 6.03. The lowest BCUT2D eigenvalue weighted by Gasteiger charge is -2.24. The second kappa shape index (κ2) is 6.54. The molecule has 1 aromatic carbocycles. The lowest BCUT2D eigenvalue weighted by atomic mass is 9.97. The molecule has 3 rings (SSSR count). The minimum Gasteiger partial charge on any atom is -0.375 e. The Labute approximate surface area is 136 Å². The Kier molecular flexibility index (Phi) is 4.48. The lowest BCUT2D eigenvalue weighted by Crippen LogP contribution is -2.35. The zero-order chi connectivity index (χ0) is 16.3. The quantitative estimate of drug-likeness (QED) is 0.923. The standard InChI is InChI=1S/C18H23N3O2/c1-14(20-17(22)13-18(2)9-5-12-23-18)15-7-3-4-8-16(15)21-11-6-10-19-21/h3-4,6-8,10-11,14H,5,9,12-13H2,1-2H3,(H,20,22). The number of amides is 1. The Bertz CT molecular complexity index is 661. The number of benzene rings is 1. The molecule has 1 aliphatic rings. The van der Waals surface area contributed by atoms with Crippen LogP contribution in [-0.2, 0) is 9.53 Å². The number of nitrogens with one attached hydrogen (secondary N) is 1. The van der Waals surface area contributed by atoms with E-state index < -0.39 is 0 Å². The predicted octanol–water partition coefficient (Wildman–Crippen LogP) is 3.01. The van der Waals surface area contributed by atoms with E-state index in [-0.39, 0.29) is 17.6 Å². The van der Waals surface area contributed by atoms with Gasteiger partial charge in [0.15, 0.2) is 0 Å². The van der Waals surface area contributed by atoms with Crippen molar-refractivity contribution in [3.63, 3.8) is 0 Å². The maximum Gasteiger partial charge on any atom is 0.223 e. The summed E-state index contributed by atoms with van der Waals surface area (Å²) in [7, 11) is 0. The third-order valence-electron chi connectivity index (χ3n) is 4.37.